The molecule has 0 aliphatic carbocycles. The number of carbonyl (C=O) groups excluding carboxylic acids is 1. The highest BCUT2D eigenvalue weighted by Gasteiger charge is 2.36. The Morgan fingerprint density at radius 3 is 2.33 bits per heavy atom. The summed E-state index contributed by atoms with van der Waals surface area (Å²) in [6.45, 7) is 15.5. The van der Waals surface area contributed by atoms with Crippen LogP contribution >= 0.6 is 0 Å². The molecular formula is C12H24O2Si. The molecule has 0 aromatic carbocycles. The highest BCUT2D eigenvalue weighted by atomic mass is 28.4. The first-order chi connectivity index (χ1) is 6.70. The second-order valence-corrected chi connectivity index (χ2v) is 10.3. The van der Waals surface area contributed by atoms with Gasteiger partial charge in [-0.15, -0.1) is 0 Å². The van der Waals surface area contributed by atoms with Crippen LogP contribution in [-0.4, -0.2) is 21.2 Å². The first kappa shape index (κ1) is 14.6. The molecule has 88 valence electrons. The zero-order valence-corrected chi connectivity index (χ0v) is 11.7. The quantitative estimate of drug-likeness (QED) is 0.301. The van der Waals surface area contributed by atoms with Gasteiger partial charge in [-0.2, -0.15) is 0 Å². The fourth-order valence-corrected chi connectivity index (χ4v) is 1.99. The number of aldehydes is 1. The van der Waals surface area contributed by atoms with Crippen LogP contribution in [0.4, 0.5) is 0 Å². The zero-order valence-electron chi connectivity index (χ0n) is 10.7. The molecule has 0 saturated heterocycles. The van der Waals surface area contributed by atoms with E-state index in [1.54, 1.807) is 0 Å². The summed E-state index contributed by atoms with van der Waals surface area (Å²) in [5.74, 6) is 0. The van der Waals surface area contributed by atoms with Gasteiger partial charge in [0.05, 0.1) is 0 Å². The lowest BCUT2D eigenvalue weighted by Crippen LogP contribution is -2.40. The molecule has 3 heteroatoms. The zero-order chi connectivity index (χ0) is 12.1. The third kappa shape index (κ3) is 5.28. The van der Waals surface area contributed by atoms with Crippen LogP contribution < -0.4 is 0 Å². The van der Waals surface area contributed by atoms with Gasteiger partial charge in [-0.25, -0.2) is 0 Å². The Morgan fingerprint density at radius 2 is 1.93 bits per heavy atom. The number of rotatable bonds is 6. The molecule has 15 heavy (non-hydrogen) atoms. The van der Waals surface area contributed by atoms with Crippen molar-refractivity contribution in [3.63, 3.8) is 0 Å². The third-order valence-electron chi connectivity index (χ3n) is 3.08. The molecule has 0 unspecified atom stereocenters. The summed E-state index contributed by atoms with van der Waals surface area (Å²) in [6.07, 6.45) is 2.47. The molecule has 0 N–H and O–H groups in total. The van der Waals surface area contributed by atoms with Gasteiger partial charge in [0, 0.05) is 6.61 Å². The van der Waals surface area contributed by atoms with Crippen LogP contribution in [0.5, 0.6) is 0 Å². The largest absolute Gasteiger partial charge is 0.417 e. The fourth-order valence-electron chi connectivity index (χ4n) is 0.902. The smallest absolute Gasteiger partial charge is 0.191 e. The maximum atomic E-state index is 10.3. The Balaban J connectivity index is 3.86. The average molecular weight is 228 g/mol. The molecule has 0 aromatic heterocycles. The Labute approximate surface area is 94.8 Å². The van der Waals surface area contributed by atoms with Gasteiger partial charge in [-0.05, 0) is 36.5 Å². The van der Waals surface area contributed by atoms with Crippen LogP contribution in [0.1, 0.15) is 33.6 Å². The van der Waals surface area contributed by atoms with E-state index in [-0.39, 0.29) is 5.04 Å². The van der Waals surface area contributed by atoms with Crippen molar-refractivity contribution >= 4 is 14.6 Å². The summed E-state index contributed by atoms with van der Waals surface area (Å²) in [5, 5.41) is 0.259. The number of hydrogen-bond acceptors (Lipinski definition) is 2. The van der Waals surface area contributed by atoms with Crippen molar-refractivity contribution in [3.05, 3.63) is 12.2 Å². The minimum atomic E-state index is -1.61. The van der Waals surface area contributed by atoms with Crippen LogP contribution in [0.25, 0.3) is 0 Å². The molecule has 0 heterocycles. The SMILES string of the molecule is C=C(C=O)CCCO[Si](C)(C)C(C)(C)C. The lowest BCUT2D eigenvalue weighted by molar-refractivity contribution is -0.105. The van der Waals surface area contributed by atoms with Crippen LogP contribution in [0, 0.1) is 0 Å². The minimum absolute atomic E-state index is 0.259. The predicted molar refractivity (Wildman–Crippen MR) is 67.6 cm³/mol. The van der Waals surface area contributed by atoms with E-state index in [9.17, 15) is 4.79 Å². The van der Waals surface area contributed by atoms with Gasteiger partial charge in [0.15, 0.2) is 8.32 Å². The molecule has 0 bridgehead atoms. The third-order valence-corrected chi connectivity index (χ3v) is 7.62. The van der Waals surface area contributed by atoms with Crippen molar-refractivity contribution in [1.82, 2.24) is 0 Å². The molecule has 0 amide bonds. The molecule has 0 aromatic rings. The van der Waals surface area contributed by atoms with Crippen LogP contribution in [0.2, 0.25) is 18.1 Å². The Bertz CT molecular complexity index is 226. The molecule has 0 atom stereocenters. The van der Waals surface area contributed by atoms with Gasteiger partial charge in [-0.3, -0.25) is 4.79 Å². The highest BCUT2D eigenvalue weighted by Crippen LogP contribution is 2.36. The Kier molecular flexibility index (Phi) is 5.46. The lowest BCUT2D eigenvalue weighted by Gasteiger charge is -2.36. The van der Waals surface area contributed by atoms with Gasteiger partial charge in [0.1, 0.15) is 6.29 Å². The van der Waals surface area contributed by atoms with Gasteiger partial charge < -0.3 is 4.43 Å². The molecule has 0 radical (unpaired) electrons. The molecule has 0 fully saturated rings. The molecule has 0 rings (SSSR count). The minimum Gasteiger partial charge on any atom is -0.417 e. The number of allylic oxidation sites excluding steroid dienone is 1. The van der Waals surface area contributed by atoms with E-state index in [0.717, 1.165) is 25.7 Å². The molecule has 0 aliphatic heterocycles. The van der Waals surface area contributed by atoms with E-state index >= 15 is 0 Å². The van der Waals surface area contributed by atoms with Crippen molar-refractivity contribution in [3.8, 4) is 0 Å². The van der Waals surface area contributed by atoms with Crippen LogP contribution in [-0.2, 0) is 9.22 Å². The van der Waals surface area contributed by atoms with Crippen molar-refractivity contribution in [1.29, 1.82) is 0 Å². The second kappa shape index (κ2) is 5.61. The summed E-state index contributed by atoms with van der Waals surface area (Å²) in [4.78, 5) is 10.3. The molecule has 0 spiro atoms. The highest BCUT2D eigenvalue weighted by molar-refractivity contribution is 6.74. The van der Waals surface area contributed by atoms with Gasteiger partial charge in [0.2, 0.25) is 0 Å². The standard InChI is InChI=1S/C12H24O2Si/c1-11(10-13)8-7-9-14-15(5,6)12(2,3)4/h10H,1,7-9H2,2-6H3. The van der Waals surface area contributed by atoms with E-state index in [4.69, 9.17) is 4.43 Å². The molecular weight excluding hydrogens is 204 g/mol. The first-order valence-corrected chi connectivity index (χ1v) is 8.38. The fraction of sp³-hybridized carbons (Fsp3) is 0.750. The lowest BCUT2D eigenvalue weighted by atomic mass is 10.2. The van der Waals surface area contributed by atoms with Gasteiger partial charge in [-0.1, -0.05) is 27.4 Å². The van der Waals surface area contributed by atoms with Crippen molar-refractivity contribution in [2.45, 2.75) is 51.7 Å². The summed E-state index contributed by atoms with van der Waals surface area (Å²) < 4.78 is 5.97. The topological polar surface area (TPSA) is 26.3 Å². The second-order valence-electron chi connectivity index (χ2n) is 5.49. The van der Waals surface area contributed by atoms with E-state index in [1.165, 1.54) is 0 Å². The van der Waals surface area contributed by atoms with Gasteiger partial charge in [0.25, 0.3) is 0 Å². The summed E-state index contributed by atoms with van der Waals surface area (Å²) >= 11 is 0. The van der Waals surface area contributed by atoms with Crippen molar-refractivity contribution in [2.24, 2.45) is 0 Å². The predicted octanol–water partition coefficient (Wildman–Crippen LogP) is 3.54. The first-order valence-electron chi connectivity index (χ1n) is 5.47. The maximum Gasteiger partial charge on any atom is 0.191 e. The van der Waals surface area contributed by atoms with Crippen LogP contribution in [0.15, 0.2) is 12.2 Å². The number of hydrogen-bond donors (Lipinski definition) is 0. The monoisotopic (exact) mass is 228 g/mol. The van der Waals surface area contributed by atoms with E-state index < -0.39 is 8.32 Å². The summed E-state index contributed by atoms with van der Waals surface area (Å²) in [7, 11) is -1.61. The Hall–Kier alpha value is -0.413. The number of carbonyl (C=O) groups is 1. The van der Waals surface area contributed by atoms with Crippen molar-refractivity contribution < 1.29 is 9.22 Å². The molecule has 0 aliphatic rings. The normalized spacial score (nSPS) is 12.6. The van der Waals surface area contributed by atoms with Crippen molar-refractivity contribution in [2.75, 3.05) is 6.61 Å². The van der Waals surface area contributed by atoms with E-state index in [0.29, 0.717) is 5.57 Å². The van der Waals surface area contributed by atoms with E-state index in [2.05, 4.69) is 40.4 Å². The van der Waals surface area contributed by atoms with E-state index in [1.807, 2.05) is 0 Å². The summed E-state index contributed by atoms with van der Waals surface area (Å²) in [6, 6.07) is 0. The summed E-state index contributed by atoms with van der Waals surface area (Å²) in [5.41, 5.74) is 0.661. The Morgan fingerprint density at radius 1 is 1.40 bits per heavy atom. The average Bonchev–Trinajstić information content (AvgIpc) is 2.10. The molecule has 2 nitrogen and oxygen atoms in total. The molecule has 0 saturated carbocycles. The maximum absolute atomic E-state index is 10.3. The van der Waals surface area contributed by atoms with Gasteiger partial charge >= 0.3 is 0 Å². The van der Waals surface area contributed by atoms with Crippen LogP contribution in [0.3, 0.4) is 0 Å².